The predicted molar refractivity (Wildman–Crippen MR) is 86.3 cm³/mol. The Balaban J connectivity index is 2.75. The highest BCUT2D eigenvalue weighted by molar-refractivity contribution is 7.89. The molecule has 0 aliphatic rings. The summed E-state index contributed by atoms with van der Waals surface area (Å²) in [5.41, 5.74) is 2.37. The Morgan fingerprint density at radius 2 is 1.76 bits per heavy atom. The normalized spacial score (nSPS) is 11.9. The monoisotopic (exact) mass is 314 g/mol. The van der Waals surface area contributed by atoms with Crippen molar-refractivity contribution in [3.05, 3.63) is 23.3 Å². The summed E-state index contributed by atoms with van der Waals surface area (Å²) < 4.78 is 32.7. The fraction of sp³-hybridized carbons (Fsp3) is 0.600. The van der Waals surface area contributed by atoms with Crippen molar-refractivity contribution in [3.8, 4) is 0 Å². The number of ether oxygens (including phenoxy) is 1. The number of rotatable bonds is 8. The number of hydrogen-bond donors (Lipinski definition) is 2. The van der Waals surface area contributed by atoms with Crippen molar-refractivity contribution in [1.29, 1.82) is 0 Å². The highest BCUT2D eigenvalue weighted by atomic mass is 32.2. The van der Waals surface area contributed by atoms with Gasteiger partial charge in [-0.3, -0.25) is 0 Å². The Hall–Kier alpha value is -1.11. The summed E-state index contributed by atoms with van der Waals surface area (Å²) in [5.74, 6) is 0.445. The lowest BCUT2D eigenvalue weighted by Gasteiger charge is -2.14. The van der Waals surface area contributed by atoms with Gasteiger partial charge in [-0.1, -0.05) is 13.8 Å². The largest absolute Gasteiger partial charge is 0.388 e. The summed E-state index contributed by atoms with van der Waals surface area (Å²) in [7, 11) is -1.69. The van der Waals surface area contributed by atoms with Crippen molar-refractivity contribution < 1.29 is 13.2 Å². The molecule has 0 radical (unpaired) electrons. The molecule has 0 aromatic heterocycles. The number of nitrogens with one attached hydrogen (secondary N) is 2. The molecule has 0 saturated heterocycles. The average molecular weight is 314 g/mol. The third-order valence-electron chi connectivity index (χ3n) is 3.01. The van der Waals surface area contributed by atoms with Gasteiger partial charge in [0.15, 0.2) is 0 Å². The van der Waals surface area contributed by atoms with Crippen LogP contribution in [-0.2, 0) is 14.8 Å². The fourth-order valence-electron chi connectivity index (χ4n) is 2.16. The van der Waals surface area contributed by atoms with Crippen molar-refractivity contribution in [2.24, 2.45) is 5.92 Å². The Morgan fingerprint density at radius 1 is 1.19 bits per heavy atom. The molecule has 0 heterocycles. The van der Waals surface area contributed by atoms with E-state index in [0.717, 1.165) is 16.8 Å². The molecule has 1 aromatic rings. The van der Waals surface area contributed by atoms with Crippen LogP contribution in [0, 0.1) is 19.8 Å². The van der Waals surface area contributed by atoms with Crippen LogP contribution >= 0.6 is 0 Å². The number of benzene rings is 1. The van der Waals surface area contributed by atoms with Gasteiger partial charge in [0.05, 0.1) is 11.5 Å². The minimum absolute atomic E-state index is 0.279. The summed E-state index contributed by atoms with van der Waals surface area (Å²) in [4.78, 5) is 0.352. The average Bonchev–Trinajstić information content (AvgIpc) is 2.36. The predicted octanol–water partition coefficient (Wildman–Crippen LogP) is 2.30. The molecule has 5 nitrogen and oxygen atoms in total. The van der Waals surface area contributed by atoms with Crippen LogP contribution in [0.15, 0.2) is 17.0 Å². The summed E-state index contributed by atoms with van der Waals surface area (Å²) in [6.45, 7) is 9.01. The summed E-state index contributed by atoms with van der Waals surface area (Å²) in [6, 6.07) is 3.66. The summed E-state index contributed by atoms with van der Waals surface area (Å²) in [6.07, 6.45) is 0. The van der Waals surface area contributed by atoms with E-state index in [1.807, 2.05) is 19.2 Å². The van der Waals surface area contributed by atoms with Gasteiger partial charge in [0.25, 0.3) is 0 Å². The fourth-order valence-corrected chi connectivity index (χ4v) is 3.62. The second kappa shape index (κ2) is 7.77. The SMILES string of the molecule is CNc1cc(C)c(S(=O)(=O)NCCOCC(C)C)c(C)c1. The third kappa shape index (κ3) is 5.30. The van der Waals surface area contributed by atoms with E-state index in [1.165, 1.54) is 0 Å². The maximum Gasteiger partial charge on any atom is 0.241 e. The second-order valence-electron chi connectivity index (χ2n) is 5.56. The van der Waals surface area contributed by atoms with Gasteiger partial charge in [0.1, 0.15) is 0 Å². The molecule has 1 rings (SSSR count). The van der Waals surface area contributed by atoms with Gasteiger partial charge in [-0.2, -0.15) is 0 Å². The summed E-state index contributed by atoms with van der Waals surface area (Å²) in [5, 5.41) is 3.02. The molecule has 0 spiro atoms. The van der Waals surface area contributed by atoms with Crippen LogP contribution in [0.25, 0.3) is 0 Å². The second-order valence-corrected chi connectivity index (χ2v) is 7.26. The van der Waals surface area contributed by atoms with E-state index in [2.05, 4.69) is 23.9 Å². The Kier molecular flexibility index (Phi) is 6.64. The first-order valence-corrected chi connectivity index (χ1v) is 8.62. The molecule has 0 aliphatic heterocycles. The lowest BCUT2D eigenvalue weighted by molar-refractivity contribution is 0.114. The van der Waals surface area contributed by atoms with Crippen LogP contribution in [0.5, 0.6) is 0 Å². The van der Waals surface area contributed by atoms with Gasteiger partial charge in [0.2, 0.25) is 10.0 Å². The zero-order valence-electron chi connectivity index (χ0n) is 13.5. The van der Waals surface area contributed by atoms with Crippen molar-refractivity contribution in [2.45, 2.75) is 32.6 Å². The van der Waals surface area contributed by atoms with Crippen LogP contribution in [0.2, 0.25) is 0 Å². The molecular weight excluding hydrogens is 288 g/mol. The molecule has 6 heteroatoms. The van der Waals surface area contributed by atoms with Crippen molar-refractivity contribution >= 4 is 15.7 Å². The number of hydrogen-bond acceptors (Lipinski definition) is 4. The van der Waals surface area contributed by atoms with Crippen LogP contribution < -0.4 is 10.0 Å². The quantitative estimate of drug-likeness (QED) is 0.723. The van der Waals surface area contributed by atoms with Crippen LogP contribution in [-0.4, -0.2) is 35.2 Å². The summed E-state index contributed by atoms with van der Waals surface area (Å²) >= 11 is 0. The molecule has 0 unspecified atom stereocenters. The van der Waals surface area contributed by atoms with E-state index < -0.39 is 10.0 Å². The highest BCUT2D eigenvalue weighted by Crippen LogP contribution is 2.23. The molecule has 0 amide bonds. The molecule has 120 valence electrons. The molecule has 0 atom stereocenters. The zero-order valence-corrected chi connectivity index (χ0v) is 14.3. The van der Waals surface area contributed by atoms with Crippen molar-refractivity contribution in [1.82, 2.24) is 4.72 Å². The van der Waals surface area contributed by atoms with Crippen molar-refractivity contribution in [3.63, 3.8) is 0 Å². The topological polar surface area (TPSA) is 67.4 Å². The molecule has 2 N–H and O–H groups in total. The van der Waals surface area contributed by atoms with Gasteiger partial charge in [-0.25, -0.2) is 13.1 Å². The molecule has 21 heavy (non-hydrogen) atoms. The van der Waals surface area contributed by atoms with E-state index in [9.17, 15) is 8.42 Å². The maximum absolute atomic E-state index is 12.4. The minimum Gasteiger partial charge on any atom is -0.388 e. The number of anilines is 1. The maximum atomic E-state index is 12.4. The van der Waals surface area contributed by atoms with E-state index in [1.54, 1.807) is 13.8 Å². The smallest absolute Gasteiger partial charge is 0.241 e. The van der Waals surface area contributed by atoms with E-state index in [-0.39, 0.29) is 6.54 Å². The minimum atomic E-state index is -3.51. The van der Waals surface area contributed by atoms with Crippen molar-refractivity contribution in [2.75, 3.05) is 32.1 Å². The standard InChI is InChI=1S/C15H26N2O3S/c1-11(2)10-20-7-6-17-21(18,19)15-12(3)8-14(16-5)9-13(15)4/h8-9,11,16-17H,6-7,10H2,1-5H3. The molecule has 0 bridgehead atoms. The Bertz CT molecular complexity index is 545. The zero-order chi connectivity index (χ0) is 16.0. The molecular formula is C15H26N2O3S. The van der Waals surface area contributed by atoms with Crippen LogP contribution in [0.3, 0.4) is 0 Å². The Labute approximate surface area is 128 Å². The van der Waals surface area contributed by atoms with Gasteiger partial charge in [0, 0.05) is 25.9 Å². The first-order chi connectivity index (χ1) is 9.77. The van der Waals surface area contributed by atoms with Gasteiger partial charge >= 0.3 is 0 Å². The van der Waals surface area contributed by atoms with Crippen LogP contribution in [0.4, 0.5) is 5.69 Å². The first-order valence-electron chi connectivity index (χ1n) is 7.14. The lowest BCUT2D eigenvalue weighted by atomic mass is 10.1. The van der Waals surface area contributed by atoms with Gasteiger partial charge in [-0.05, 0) is 43.0 Å². The molecule has 1 aromatic carbocycles. The molecule has 0 fully saturated rings. The highest BCUT2D eigenvalue weighted by Gasteiger charge is 2.19. The lowest BCUT2D eigenvalue weighted by Crippen LogP contribution is -2.29. The first kappa shape index (κ1) is 17.9. The third-order valence-corrected chi connectivity index (χ3v) is 4.77. The van der Waals surface area contributed by atoms with E-state index in [4.69, 9.17) is 4.74 Å². The Morgan fingerprint density at radius 3 is 2.24 bits per heavy atom. The number of sulfonamides is 1. The molecule has 0 saturated carbocycles. The van der Waals surface area contributed by atoms with Gasteiger partial charge < -0.3 is 10.1 Å². The number of aryl methyl sites for hydroxylation is 2. The van der Waals surface area contributed by atoms with Gasteiger partial charge in [-0.15, -0.1) is 0 Å². The van der Waals surface area contributed by atoms with E-state index >= 15 is 0 Å². The van der Waals surface area contributed by atoms with Crippen LogP contribution in [0.1, 0.15) is 25.0 Å². The molecule has 0 aliphatic carbocycles. The van der Waals surface area contributed by atoms with E-state index in [0.29, 0.717) is 24.0 Å².